The van der Waals surface area contributed by atoms with E-state index in [1.54, 1.807) is 0 Å². The van der Waals surface area contributed by atoms with E-state index in [1.165, 1.54) is 12.8 Å². The Kier molecular flexibility index (Phi) is 5.77. The van der Waals surface area contributed by atoms with Crippen LogP contribution in [0.2, 0.25) is 0 Å². The maximum absolute atomic E-state index is 12.5. The van der Waals surface area contributed by atoms with Gasteiger partial charge < -0.3 is 5.32 Å². The third-order valence-corrected chi connectivity index (χ3v) is 4.33. The van der Waals surface area contributed by atoms with Gasteiger partial charge in [0.25, 0.3) is 0 Å². The van der Waals surface area contributed by atoms with E-state index in [-0.39, 0.29) is 12.4 Å². The van der Waals surface area contributed by atoms with Gasteiger partial charge in [-0.15, -0.1) is 12.4 Å². The van der Waals surface area contributed by atoms with Gasteiger partial charge in [0.1, 0.15) is 0 Å². The second kappa shape index (κ2) is 7.58. The molecule has 0 aromatic heterocycles. The number of rotatable bonds is 4. The first-order valence-electron chi connectivity index (χ1n) is 7.56. The highest BCUT2D eigenvalue weighted by molar-refractivity contribution is 6.08. The van der Waals surface area contributed by atoms with Crippen LogP contribution in [0.5, 0.6) is 0 Å². The number of hydrogen-bond donors (Lipinski definition) is 1. The Bertz CT molecular complexity index is 600. The van der Waals surface area contributed by atoms with Crippen LogP contribution in [0.4, 0.5) is 0 Å². The molecule has 1 fully saturated rings. The number of carbonyl (C=O) groups is 1. The van der Waals surface area contributed by atoms with Gasteiger partial charge in [0.2, 0.25) is 0 Å². The van der Waals surface area contributed by atoms with Gasteiger partial charge >= 0.3 is 0 Å². The first-order valence-corrected chi connectivity index (χ1v) is 7.56. The fourth-order valence-electron chi connectivity index (χ4n) is 3.11. The molecule has 2 nitrogen and oxygen atoms in total. The molecule has 0 saturated carbocycles. The lowest BCUT2D eigenvalue weighted by Gasteiger charge is -2.22. The molecular weight excluding hydrogens is 282 g/mol. The van der Waals surface area contributed by atoms with Crippen LogP contribution in [0.3, 0.4) is 0 Å². The molecular formula is C18H22ClNO. The number of halogens is 1. The van der Waals surface area contributed by atoms with Crippen LogP contribution in [0, 0.1) is 5.92 Å². The van der Waals surface area contributed by atoms with Gasteiger partial charge in [-0.1, -0.05) is 42.5 Å². The Morgan fingerprint density at radius 3 is 2.57 bits per heavy atom. The molecule has 0 bridgehead atoms. The second-order valence-corrected chi connectivity index (χ2v) is 5.68. The predicted octanol–water partition coefficient (Wildman–Crippen LogP) is 4.22. The van der Waals surface area contributed by atoms with Crippen LogP contribution >= 0.6 is 12.4 Å². The molecule has 1 heterocycles. The normalized spacial score (nSPS) is 15.6. The zero-order valence-corrected chi connectivity index (χ0v) is 13.0. The number of carbonyl (C=O) groups excluding carboxylic acids is 1. The molecule has 0 atom stereocenters. The lowest BCUT2D eigenvalue weighted by atomic mass is 9.90. The third-order valence-electron chi connectivity index (χ3n) is 4.33. The molecule has 112 valence electrons. The number of nitrogens with one attached hydrogen (secondary N) is 1. The van der Waals surface area contributed by atoms with Gasteiger partial charge in [-0.2, -0.15) is 0 Å². The van der Waals surface area contributed by atoms with Crippen LogP contribution in [-0.4, -0.2) is 18.9 Å². The molecule has 0 radical (unpaired) electrons. The van der Waals surface area contributed by atoms with Crippen LogP contribution in [-0.2, 0) is 0 Å². The van der Waals surface area contributed by atoms with Crippen molar-refractivity contribution >= 4 is 29.0 Å². The summed E-state index contributed by atoms with van der Waals surface area (Å²) in [4.78, 5) is 12.5. The summed E-state index contributed by atoms with van der Waals surface area (Å²) in [5.41, 5.74) is 0.886. The molecule has 21 heavy (non-hydrogen) atoms. The summed E-state index contributed by atoms with van der Waals surface area (Å²) >= 11 is 0. The van der Waals surface area contributed by atoms with Crippen molar-refractivity contribution in [1.29, 1.82) is 0 Å². The maximum atomic E-state index is 12.5. The fraction of sp³-hybridized carbons (Fsp3) is 0.389. The Balaban J connectivity index is 0.00000161. The monoisotopic (exact) mass is 303 g/mol. The van der Waals surface area contributed by atoms with Crippen molar-refractivity contribution < 1.29 is 4.79 Å². The number of ketones is 1. The van der Waals surface area contributed by atoms with Gasteiger partial charge in [-0.3, -0.25) is 4.79 Å². The number of benzene rings is 2. The number of piperidine rings is 1. The van der Waals surface area contributed by atoms with E-state index in [1.807, 2.05) is 30.3 Å². The molecule has 3 rings (SSSR count). The number of hydrogen-bond acceptors (Lipinski definition) is 2. The molecule has 0 aliphatic carbocycles. The minimum atomic E-state index is 0. The number of Topliss-reactive ketones (excluding diaryl/α,β-unsaturated/α-hetero) is 1. The van der Waals surface area contributed by atoms with Crippen molar-refractivity contribution in [3.05, 3.63) is 48.0 Å². The minimum Gasteiger partial charge on any atom is -0.317 e. The summed E-state index contributed by atoms with van der Waals surface area (Å²) in [5, 5.41) is 5.61. The van der Waals surface area contributed by atoms with Gasteiger partial charge in [-0.05, 0) is 49.0 Å². The molecule has 0 unspecified atom stereocenters. The standard InChI is InChI=1S/C18H21NO.ClH/c20-18(9-8-14-10-12-19-13-11-14)17-7-3-5-15-4-1-2-6-16(15)17;/h1-7,14,19H,8-13H2;1H. The zero-order valence-electron chi connectivity index (χ0n) is 12.2. The summed E-state index contributed by atoms with van der Waals surface area (Å²) in [6.45, 7) is 2.21. The fourth-order valence-corrected chi connectivity index (χ4v) is 3.11. The average Bonchev–Trinajstić information content (AvgIpc) is 2.53. The van der Waals surface area contributed by atoms with E-state index < -0.39 is 0 Å². The largest absolute Gasteiger partial charge is 0.317 e. The maximum Gasteiger partial charge on any atom is 0.163 e. The summed E-state index contributed by atoms with van der Waals surface area (Å²) in [6, 6.07) is 14.2. The quantitative estimate of drug-likeness (QED) is 0.857. The smallest absolute Gasteiger partial charge is 0.163 e. The SMILES string of the molecule is Cl.O=C(CCC1CCNCC1)c1cccc2ccccc12. The lowest BCUT2D eigenvalue weighted by molar-refractivity contribution is 0.0972. The van der Waals surface area contributed by atoms with Crippen LogP contribution in [0.15, 0.2) is 42.5 Å². The van der Waals surface area contributed by atoms with Crippen molar-refractivity contribution in [3.8, 4) is 0 Å². The number of fused-ring (bicyclic) bond motifs is 1. The van der Waals surface area contributed by atoms with E-state index in [2.05, 4.69) is 17.4 Å². The summed E-state index contributed by atoms with van der Waals surface area (Å²) < 4.78 is 0. The Morgan fingerprint density at radius 2 is 1.76 bits per heavy atom. The molecule has 1 aliphatic heterocycles. The van der Waals surface area contributed by atoms with E-state index in [0.29, 0.717) is 12.2 Å². The van der Waals surface area contributed by atoms with Crippen molar-refractivity contribution in [2.24, 2.45) is 5.92 Å². The van der Waals surface area contributed by atoms with Gasteiger partial charge in [0, 0.05) is 12.0 Å². The highest BCUT2D eigenvalue weighted by Gasteiger charge is 2.16. The third kappa shape index (κ3) is 3.84. The molecule has 1 N–H and O–H groups in total. The topological polar surface area (TPSA) is 29.1 Å². The Labute approximate surface area is 132 Å². The molecule has 0 spiro atoms. The van der Waals surface area contributed by atoms with Gasteiger partial charge in [0.15, 0.2) is 5.78 Å². The second-order valence-electron chi connectivity index (χ2n) is 5.68. The molecule has 3 heteroatoms. The minimum absolute atomic E-state index is 0. The predicted molar refractivity (Wildman–Crippen MR) is 90.4 cm³/mol. The van der Waals surface area contributed by atoms with E-state index >= 15 is 0 Å². The van der Waals surface area contributed by atoms with Gasteiger partial charge in [0.05, 0.1) is 0 Å². The highest BCUT2D eigenvalue weighted by atomic mass is 35.5. The van der Waals surface area contributed by atoms with Gasteiger partial charge in [-0.25, -0.2) is 0 Å². The molecule has 2 aromatic rings. The molecule has 1 aliphatic rings. The van der Waals surface area contributed by atoms with Crippen molar-refractivity contribution in [2.45, 2.75) is 25.7 Å². The summed E-state index contributed by atoms with van der Waals surface area (Å²) in [7, 11) is 0. The highest BCUT2D eigenvalue weighted by Crippen LogP contribution is 2.23. The summed E-state index contributed by atoms with van der Waals surface area (Å²) in [6.07, 6.45) is 4.13. The van der Waals surface area contributed by atoms with Crippen molar-refractivity contribution in [3.63, 3.8) is 0 Å². The molecule has 2 aromatic carbocycles. The van der Waals surface area contributed by atoms with Crippen molar-refractivity contribution in [1.82, 2.24) is 5.32 Å². The van der Waals surface area contributed by atoms with Crippen LogP contribution in [0.25, 0.3) is 10.8 Å². The average molecular weight is 304 g/mol. The van der Waals surface area contributed by atoms with E-state index in [9.17, 15) is 4.79 Å². The summed E-state index contributed by atoms with van der Waals surface area (Å²) in [5.74, 6) is 1.01. The Morgan fingerprint density at radius 1 is 1.05 bits per heavy atom. The van der Waals surface area contributed by atoms with Crippen LogP contribution < -0.4 is 5.32 Å². The lowest BCUT2D eigenvalue weighted by Crippen LogP contribution is -2.28. The zero-order chi connectivity index (χ0) is 13.8. The Hall–Kier alpha value is -1.38. The van der Waals surface area contributed by atoms with Crippen LogP contribution in [0.1, 0.15) is 36.0 Å². The first-order chi connectivity index (χ1) is 9.84. The van der Waals surface area contributed by atoms with E-state index in [0.717, 1.165) is 41.8 Å². The molecule has 1 saturated heterocycles. The van der Waals surface area contributed by atoms with Crippen molar-refractivity contribution in [2.75, 3.05) is 13.1 Å². The molecule has 0 amide bonds. The first kappa shape index (κ1) is 16.0. The van der Waals surface area contributed by atoms with E-state index in [4.69, 9.17) is 0 Å².